The first kappa shape index (κ1) is 41.0. The van der Waals surface area contributed by atoms with Crippen molar-refractivity contribution in [1.82, 2.24) is 19.9 Å². The summed E-state index contributed by atoms with van der Waals surface area (Å²) >= 11 is 0. The molecule has 0 radical (unpaired) electrons. The Bertz CT molecular complexity index is 2100. The van der Waals surface area contributed by atoms with E-state index in [4.69, 9.17) is 24.1 Å². The Labute approximate surface area is 319 Å². The van der Waals surface area contributed by atoms with Gasteiger partial charge in [0, 0.05) is 12.8 Å². The molecule has 1 N–H and O–H groups in total. The minimum absolute atomic E-state index is 0.0302. The summed E-state index contributed by atoms with van der Waals surface area (Å²) < 4.78 is 50.8. The molecule has 2 heterocycles. The molecule has 0 aliphatic heterocycles. The number of hydrogen-bond donors (Lipinski definition) is 1. The Morgan fingerprint density at radius 2 is 1.22 bits per heavy atom. The number of aromatic nitrogens is 4. The van der Waals surface area contributed by atoms with Crippen molar-refractivity contribution in [3.05, 3.63) is 58.7 Å². The second kappa shape index (κ2) is 17.5. The second-order valence-electron chi connectivity index (χ2n) is 15.1. The van der Waals surface area contributed by atoms with Crippen LogP contribution < -0.4 is 9.47 Å². The molecule has 55 heavy (non-hydrogen) atoms. The molecule has 2 aliphatic rings. The van der Waals surface area contributed by atoms with Crippen LogP contribution >= 0.6 is 0 Å². The molecule has 14 heteroatoms. The summed E-state index contributed by atoms with van der Waals surface area (Å²) in [5.41, 5.74) is 0.419. The summed E-state index contributed by atoms with van der Waals surface area (Å²) in [6, 6.07) is 11.3. The number of carbonyl (C=O) groups is 1. The van der Waals surface area contributed by atoms with E-state index in [-0.39, 0.29) is 54.6 Å². The second-order valence-corrected chi connectivity index (χ2v) is 15.1. The number of carbonyl (C=O) groups excluding carboxylic acids is 1. The maximum absolute atomic E-state index is 14.9. The zero-order valence-corrected chi connectivity index (χ0v) is 32.1. The summed E-state index contributed by atoms with van der Waals surface area (Å²) in [6.07, 6.45) is 6.68. The number of nitriles is 2. The van der Waals surface area contributed by atoms with Gasteiger partial charge in [0.25, 0.3) is 0 Å². The van der Waals surface area contributed by atoms with Crippen molar-refractivity contribution in [1.29, 1.82) is 10.5 Å². The number of nitrogens with zero attached hydrogens (tertiary/aromatic N) is 6. The van der Waals surface area contributed by atoms with Crippen molar-refractivity contribution >= 4 is 28.0 Å². The van der Waals surface area contributed by atoms with E-state index in [2.05, 4.69) is 32.1 Å². The lowest BCUT2D eigenvalue weighted by atomic mass is 9.66. The highest BCUT2D eigenvalue weighted by Gasteiger charge is 2.38. The Balaban J connectivity index is 0.000000218. The number of ether oxygens (including phenoxy) is 4. The molecule has 0 atom stereocenters. The normalized spacial score (nSPS) is 15.4. The first-order chi connectivity index (χ1) is 26.2. The highest BCUT2D eigenvalue weighted by atomic mass is 19.1. The topological polar surface area (TPSA) is 173 Å². The Kier molecular flexibility index (Phi) is 13.0. The number of hydrogen-bond acceptors (Lipinski definition) is 12. The van der Waals surface area contributed by atoms with E-state index in [0.29, 0.717) is 53.7 Å². The molecule has 6 rings (SSSR count). The number of benzene rings is 2. The maximum atomic E-state index is 14.9. The van der Waals surface area contributed by atoms with Gasteiger partial charge >= 0.3 is 6.16 Å². The average Bonchev–Trinajstić information content (AvgIpc) is 3.11. The SMILES string of the molecule is CCc1nc(OCCO)c2cc(CC3(C#N)CCC3)cc(F)c2n1.CCc1nc(OCCOC(=O)OC(C)(C)C)c2cc(CC3(C#N)CCC3)cc(F)c2n1. The van der Waals surface area contributed by atoms with Gasteiger partial charge in [0.15, 0.2) is 0 Å². The fourth-order valence-corrected chi connectivity index (χ4v) is 6.60. The summed E-state index contributed by atoms with van der Waals surface area (Å²) in [4.78, 5) is 28.9. The van der Waals surface area contributed by atoms with Crippen molar-refractivity contribution in [3.8, 4) is 23.9 Å². The lowest BCUT2D eigenvalue weighted by Gasteiger charge is -2.35. The molecule has 2 aliphatic carbocycles. The standard InChI is InChI=1S/C23H28FN3O4.C18H20FN3O2/c1-5-18-26-19-16(11-15(12-17(19)24)13-23(14-25)7-6-8-23)20(27-18)29-9-10-30-21(28)31-22(2,3)4;1-2-15-21-16-13(17(22-15)24-7-6-23)8-12(9-14(16)19)10-18(11-20)4-3-5-18/h11-12H,5-10,13H2,1-4H3;8-9,23H,2-7,10H2,1H3. The molecule has 0 bridgehead atoms. The number of rotatable bonds is 13. The van der Waals surface area contributed by atoms with Crippen LogP contribution in [0.2, 0.25) is 0 Å². The quantitative estimate of drug-likeness (QED) is 0.104. The van der Waals surface area contributed by atoms with Crippen molar-refractivity contribution in [2.45, 2.75) is 104 Å². The Morgan fingerprint density at radius 1 is 0.764 bits per heavy atom. The number of halogens is 2. The van der Waals surface area contributed by atoms with Gasteiger partial charge < -0.3 is 24.1 Å². The van der Waals surface area contributed by atoms with Crippen molar-refractivity contribution in [2.24, 2.45) is 10.8 Å². The third-order valence-electron chi connectivity index (χ3n) is 9.72. The highest BCUT2D eigenvalue weighted by molar-refractivity contribution is 5.85. The molecule has 2 saturated carbocycles. The van der Waals surface area contributed by atoms with E-state index in [9.17, 15) is 24.1 Å². The Morgan fingerprint density at radius 3 is 1.58 bits per heavy atom. The lowest BCUT2D eigenvalue weighted by Crippen LogP contribution is -2.29. The van der Waals surface area contributed by atoms with E-state index < -0.39 is 28.8 Å². The maximum Gasteiger partial charge on any atom is 0.508 e. The number of aliphatic hydroxyl groups is 1. The van der Waals surface area contributed by atoms with Crippen molar-refractivity contribution in [3.63, 3.8) is 0 Å². The van der Waals surface area contributed by atoms with Gasteiger partial charge in [-0.25, -0.2) is 23.5 Å². The minimum atomic E-state index is -0.784. The monoisotopic (exact) mass is 758 g/mol. The average molecular weight is 759 g/mol. The molecule has 2 aromatic carbocycles. The first-order valence-corrected chi connectivity index (χ1v) is 18.8. The molecule has 0 unspecified atom stereocenters. The van der Waals surface area contributed by atoms with E-state index in [1.807, 2.05) is 19.9 Å². The van der Waals surface area contributed by atoms with Crippen LogP contribution in [0.15, 0.2) is 24.3 Å². The highest BCUT2D eigenvalue weighted by Crippen LogP contribution is 2.45. The molecule has 292 valence electrons. The molecule has 0 amide bonds. The smallest absolute Gasteiger partial charge is 0.475 e. The summed E-state index contributed by atoms with van der Waals surface area (Å²) in [5.74, 6) is 0.568. The molecular formula is C41H48F2N6O6. The third kappa shape index (κ3) is 10.1. The van der Waals surface area contributed by atoms with Gasteiger partial charge in [-0.1, -0.05) is 26.7 Å². The van der Waals surface area contributed by atoms with Crippen LogP contribution in [-0.4, -0.2) is 63.2 Å². The van der Waals surface area contributed by atoms with Gasteiger partial charge in [0.05, 0.1) is 40.3 Å². The van der Waals surface area contributed by atoms with Crippen molar-refractivity contribution < 1.29 is 37.6 Å². The van der Waals surface area contributed by atoms with E-state index in [1.165, 1.54) is 12.1 Å². The number of fused-ring (bicyclic) bond motifs is 2. The third-order valence-corrected chi connectivity index (χ3v) is 9.72. The predicted molar refractivity (Wildman–Crippen MR) is 199 cm³/mol. The minimum Gasteiger partial charge on any atom is -0.475 e. The van der Waals surface area contributed by atoms with E-state index in [0.717, 1.165) is 44.1 Å². The first-order valence-electron chi connectivity index (χ1n) is 18.8. The fraction of sp³-hybridized carbons (Fsp3) is 0.537. The van der Waals surface area contributed by atoms with Gasteiger partial charge in [-0.15, -0.1) is 0 Å². The lowest BCUT2D eigenvalue weighted by molar-refractivity contribution is -0.0115. The van der Waals surface area contributed by atoms with E-state index >= 15 is 0 Å². The zero-order chi connectivity index (χ0) is 39.8. The molecule has 4 aromatic rings. The summed E-state index contributed by atoms with van der Waals surface area (Å²) in [6.45, 7) is 8.93. The van der Waals surface area contributed by atoms with Gasteiger partial charge in [-0.05, 0) is 94.7 Å². The fourth-order valence-electron chi connectivity index (χ4n) is 6.60. The zero-order valence-electron chi connectivity index (χ0n) is 32.1. The Hall–Kier alpha value is -5.21. The molecule has 2 fully saturated rings. The summed E-state index contributed by atoms with van der Waals surface area (Å²) in [7, 11) is 0. The van der Waals surface area contributed by atoms with Crippen LogP contribution in [0.3, 0.4) is 0 Å². The number of aliphatic hydroxyl groups excluding tert-OH is 1. The van der Waals surface area contributed by atoms with Crippen LogP contribution in [0.1, 0.15) is 95.9 Å². The molecular weight excluding hydrogens is 710 g/mol. The molecule has 2 aromatic heterocycles. The van der Waals surface area contributed by atoms with Crippen molar-refractivity contribution in [2.75, 3.05) is 26.4 Å². The largest absolute Gasteiger partial charge is 0.508 e. The van der Waals surface area contributed by atoms with Gasteiger partial charge in [-0.3, -0.25) is 0 Å². The van der Waals surface area contributed by atoms with E-state index in [1.54, 1.807) is 26.8 Å². The molecule has 0 saturated heterocycles. The van der Waals surface area contributed by atoms with Gasteiger partial charge in [0.2, 0.25) is 11.8 Å². The molecule has 12 nitrogen and oxygen atoms in total. The van der Waals surface area contributed by atoms with Crippen LogP contribution in [0, 0.1) is 45.1 Å². The van der Waals surface area contributed by atoms with Gasteiger partial charge in [-0.2, -0.15) is 20.5 Å². The number of aryl methyl sites for hydroxylation is 2. The summed E-state index contributed by atoms with van der Waals surface area (Å²) in [5, 5.41) is 28.8. The van der Waals surface area contributed by atoms with Crippen LogP contribution in [0.25, 0.3) is 21.8 Å². The van der Waals surface area contributed by atoms with Crippen LogP contribution in [0.5, 0.6) is 11.8 Å². The molecule has 0 spiro atoms. The van der Waals surface area contributed by atoms with Gasteiger partial charge in [0.1, 0.15) is 59.7 Å². The van der Waals surface area contributed by atoms with Crippen LogP contribution in [-0.2, 0) is 35.2 Å². The van der Waals surface area contributed by atoms with Crippen LogP contribution in [0.4, 0.5) is 13.6 Å². The predicted octanol–water partition coefficient (Wildman–Crippen LogP) is 7.84.